The van der Waals surface area contributed by atoms with Crippen molar-refractivity contribution in [3.05, 3.63) is 70.7 Å². The Balaban J connectivity index is 1.83. The van der Waals surface area contributed by atoms with Gasteiger partial charge in [-0.2, -0.15) is 0 Å². The molecule has 0 saturated heterocycles. The van der Waals surface area contributed by atoms with Gasteiger partial charge in [-0.3, -0.25) is 4.79 Å². The van der Waals surface area contributed by atoms with Gasteiger partial charge in [-0.25, -0.2) is 9.18 Å². The van der Waals surface area contributed by atoms with Crippen LogP contribution < -0.4 is 0 Å². The predicted molar refractivity (Wildman–Crippen MR) is 105 cm³/mol. The second kappa shape index (κ2) is 6.59. The highest BCUT2D eigenvalue weighted by atomic mass is 19.1. The molecule has 0 bridgehead atoms. The molecule has 28 heavy (non-hydrogen) atoms. The number of ketones is 1. The first-order chi connectivity index (χ1) is 13.3. The van der Waals surface area contributed by atoms with Crippen molar-refractivity contribution in [2.45, 2.75) is 33.2 Å². The van der Waals surface area contributed by atoms with Gasteiger partial charge >= 0.3 is 5.97 Å². The summed E-state index contributed by atoms with van der Waals surface area (Å²) in [4.78, 5) is 24.5. The van der Waals surface area contributed by atoms with Gasteiger partial charge in [0.25, 0.3) is 0 Å². The molecule has 3 aromatic rings. The molecular weight excluding hydrogens is 357 g/mol. The van der Waals surface area contributed by atoms with E-state index in [2.05, 4.69) is 18.4 Å². The molecule has 1 aromatic heterocycles. The van der Waals surface area contributed by atoms with E-state index in [1.807, 2.05) is 12.1 Å². The zero-order valence-electron chi connectivity index (χ0n) is 16.2. The highest BCUT2D eigenvalue weighted by Gasteiger charge is 2.35. The molecule has 0 N–H and O–H groups in total. The average Bonchev–Trinajstić information content (AvgIpc) is 2.93. The highest BCUT2D eigenvalue weighted by molar-refractivity contribution is 6.10. The van der Waals surface area contributed by atoms with Crippen LogP contribution >= 0.6 is 0 Å². The zero-order valence-corrected chi connectivity index (χ0v) is 16.2. The van der Waals surface area contributed by atoms with Gasteiger partial charge in [0.15, 0.2) is 5.78 Å². The maximum absolute atomic E-state index is 13.9. The first-order valence-corrected chi connectivity index (χ1v) is 9.30. The lowest BCUT2D eigenvalue weighted by molar-refractivity contribution is 0.0600. The van der Waals surface area contributed by atoms with Crippen LogP contribution in [0.3, 0.4) is 0 Å². The normalized spacial score (nSPS) is 15.5. The van der Waals surface area contributed by atoms with Crippen LogP contribution in [0.5, 0.6) is 0 Å². The summed E-state index contributed by atoms with van der Waals surface area (Å²) in [6, 6.07) is 11.9. The van der Waals surface area contributed by atoms with Crippen molar-refractivity contribution in [3.8, 4) is 0 Å². The third-order valence-corrected chi connectivity index (χ3v) is 5.41. The maximum Gasteiger partial charge on any atom is 0.337 e. The summed E-state index contributed by atoms with van der Waals surface area (Å²) in [5.74, 6) is -0.646. The van der Waals surface area contributed by atoms with Crippen molar-refractivity contribution >= 4 is 22.7 Å². The summed E-state index contributed by atoms with van der Waals surface area (Å²) in [6.07, 6.45) is 1.22. The summed E-state index contributed by atoms with van der Waals surface area (Å²) in [6.45, 7) is 4.71. The molecule has 0 fully saturated rings. The molecule has 0 atom stereocenters. The molecule has 4 nitrogen and oxygen atoms in total. The van der Waals surface area contributed by atoms with Gasteiger partial charge in [-0.15, -0.1) is 0 Å². The van der Waals surface area contributed by atoms with E-state index < -0.39 is 0 Å². The van der Waals surface area contributed by atoms with E-state index >= 15 is 0 Å². The van der Waals surface area contributed by atoms with E-state index in [1.54, 1.807) is 18.2 Å². The lowest BCUT2D eigenvalue weighted by Crippen LogP contribution is -2.28. The Kier molecular flexibility index (Phi) is 4.33. The Morgan fingerprint density at radius 3 is 2.54 bits per heavy atom. The molecule has 1 heterocycles. The van der Waals surface area contributed by atoms with Gasteiger partial charge in [0.2, 0.25) is 0 Å². The van der Waals surface area contributed by atoms with Crippen LogP contribution in [-0.2, 0) is 17.7 Å². The number of fused-ring (bicyclic) bond motifs is 3. The quantitative estimate of drug-likeness (QED) is 0.616. The second-order valence-corrected chi connectivity index (χ2v) is 8.20. The van der Waals surface area contributed by atoms with Gasteiger partial charge in [0.05, 0.1) is 12.7 Å². The van der Waals surface area contributed by atoms with Crippen LogP contribution in [-0.4, -0.2) is 23.4 Å². The van der Waals surface area contributed by atoms with E-state index in [9.17, 15) is 14.0 Å². The number of esters is 1. The van der Waals surface area contributed by atoms with Crippen LogP contribution in [0, 0.1) is 11.2 Å². The minimum atomic E-state index is -0.377. The minimum Gasteiger partial charge on any atom is -0.465 e. The van der Waals surface area contributed by atoms with Crippen LogP contribution in [0.15, 0.2) is 42.5 Å². The molecule has 0 unspecified atom stereocenters. The number of rotatable bonds is 3. The molecule has 0 amide bonds. The van der Waals surface area contributed by atoms with Crippen LogP contribution in [0.1, 0.15) is 52.2 Å². The number of halogens is 1. The fraction of sp³-hybridized carbons (Fsp3) is 0.304. The standard InChI is InChI=1S/C23H22FNO3/c1-23(2)11-19-21(20(26)12-23)17-10-16(24)8-9-18(17)25(19)13-14-4-6-15(7-5-14)22(27)28-3/h4-10H,11-13H2,1-3H3. The molecular formula is C23H22FNO3. The number of carbonyl (C=O) groups is 2. The third-order valence-electron chi connectivity index (χ3n) is 5.41. The molecule has 0 saturated carbocycles. The van der Waals surface area contributed by atoms with Crippen LogP contribution in [0.2, 0.25) is 0 Å². The van der Waals surface area contributed by atoms with Crippen LogP contribution in [0.4, 0.5) is 4.39 Å². The van der Waals surface area contributed by atoms with Crippen molar-refractivity contribution in [1.82, 2.24) is 4.57 Å². The monoisotopic (exact) mass is 379 g/mol. The van der Waals surface area contributed by atoms with Crippen molar-refractivity contribution in [2.24, 2.45) is 5.41 Å². The Morgan fingerprint density at radius 2 is 1.86 bits per heavy atom. The van der Waals surface area contributed by atoms with Gasteiger partial charge in [-0.1, -0.05) is 26.0 Å². The highest BCUT2D eigenvalue weighted by Crippen LogP contribution is 2.40. The molecule has 1 aliphatic rings. The summed E-state index contributed by atoms with van der Waals surface area (Å²) in [7, 11) is 1.35. The molecule has 0 aliphatic heterocycles. The third kappa shape index (κ3) is 3.11. The van der Waals surface area contributed by atoms with Crippen molar-refractivity contribution in [2.75, 3.05) is 7.11 Å². The lowest BCUT2D eigenvalue weighted by atomic mass is 9.75. The smallest absolute Gasteiger partial charge is 0.337 e. The molecule has 1 aliphatic carbocycles. The minimum absolute atomic E-state index is 0.0710. The topological polar surface area (TPSA) is 48.3 Å². The zero-order chi connectivity index (χ0) is 20.1. The molecule has 2 aromatic carbocycles. The van der Waals surface area contributed by atoms with Gasteiger partial charge in [0.1, 0.15) is 5.82 Å². The number of benzene rings is 2. The molecule has 0 spiro atoms. The lowest BCUT2D eigenvalue weighted by Gasteiger charge is -2.30. The Morgan fingerprint density at radius 1 is 1.14 bits per heavy atom. The van der Waals surface area contributed by atoms with E-state index in [0.29, 0.717) is 29.5 Å². The fourth-order valence-corrected chi connectivity index (χ4v) is 4.14. The number of hydrogen-bond acceptors (Lipinski definition) is 3. The number of Topliss-reactive ketones (excluding diaryl/α,β-unsaturated/α-hetero) is 1. The molecule has 0 radical (unpaired) electrons. The average molecular weight is 379 g/mol. The Bertz CT molecular complexity index is 1090. The first-order valence-electron chi connectivity index (χ1n) is 9.30. The summed E-state index contributed by atoms with van der Waals surface area (Å²) in [5, 5.41) is 0.682. The number of methoxy groups -OCH3 is 1. The summed E-state index contributed by atoms with van der Waals surface area (Å²) in [5.41, 5.74) is 3.81. The SMILES string of the molecule is COC(=O)c1ccc(Cn2c3c(c4cc(F)ccc42)C(=O)CC(C)(C)C3)cc1. The predicted octanol–water partition coefficient (Wildman–Crippen LogP) is 4.77. The maximum atomic E-state index is 13.9. The summed E-state index contributed by atoms with van der Waals surface area (Å²) < 4.78 is 20.8. The molecule has 4 rings (SSSR count). The van der Waals surface area contributed by atoms with Gasteiger partial charge < -0.3 is 9.30 Å². The van der Waals surface area contributed by atoms with E-state index in [4.69, 9.17) is 4.74 Å². The molecule has 144 valence electrons. The number of nitrogens with zero attached hydrogens (tertiary/aromatic N) is 1. The van der Waals surface area contributed by atoms with E-state index in [-0.39, 0.29) is 23.0 Å². The Hall–Kier alpha value is -2.95. The number of hydrogen-bond donors (Lipinski definition) is 0. The number of ether oxygens (including phenoxy) is 1. The first kappa shape index (κ1) is 18.4. The second-order valence-electron chi connectivity index (χ2n) is 8.20. The summed E-state index contributed by atoms with van der Waals surface area (Å²) >= 11 is 0. The van der Waals surface area contributed by atoms with Crippen molar-refractivity contribution in [1.29, 1.82) is 0 Å². The Labute approximate surface area is 162 Å². The number of carbonyl (C=O) groups excluding carboxylic acids is 2. The van der Waals surface area contributed by atoms with Crippen molar-refractivity contribution < 1.29 is 18.7 Å². The number of aromatic nitrogens is 1. The molecule has 5 heteroatoms. The van der Waals surface area contributed by atoms with Gasteiger partial charge in [0, 0.05) is 35.1 Å². The van der Waals surface area contributed by atoms with Crippen LogP contribution in [0.25, 0.3) is 10.9 Å². The fourth-order valence-electron chi connectivity index (χ4n) is 4.14. The van der Waals surface area contributed by atoms with Crippen molar-refractivity contribution in [3.63, 3.8) is 0 Å². The van der Waals surface area contributed by atoms with E-state index in [0.717, 1.165) is 23.2 Å². The van der Waals surface area contributed by atoms with Gasteiger partial charge in [-0.05, 0) is 47.7 Å². The largest absolute Gasteiger partial charge is 0.465 e. The van der Waals surface area contributed by atoms with E-state index in [1.165, 1.54) is 19.2 Å².